The van der Waals surface area contributed by atoms with Crippen LogP contribution in [-0.4, -0.2) is 14.8 Å². The van der Waals surface area contributed by atoms with Crippen molar-refractivity contribution in [3.05, 3.63) is 109 Å². The molecule has 0 saturated carbocycles. The Kier molecular flexibility index (Phi) is 5.66. The van der Waals surface area contributed by atoms with E-state index in [4.69, 9.17) is 0 Å². The molecule has 0 saturated heterocycles. The SMILES string of the molecule is O=[N+]([O-])c1cccc(C=Cc2cccc(C=Cc3cccc([N+](=O)[O-])c3)n2)c1. The highest BCUT2D eigenvalue weighted by atomic mass is 16.6. The zero-order chi connectivity index (χ0) is 19.9. The molecule has 1 aromatic heterocycles. The van der Waals surface area contributed by atoms with E-state index in [9.17, 15) is 20.2 Å². The van der Waals surface area contributed by atoms with Gasteiger partial charge in [0.2, 0.25) is 0 Å². The lowest BCUT2D eigenvalue weighted by atomic mass is 10.1. The summed E-state index contributed by atoms with van der Waals surface area (Å²) in [7, 11) is 0. The summed E-state index contributed by atoms with van der Waals surface area (Å²) in [5, 5.41) is 21.7. The monoisotopic (exact) mass is 373 g/mol. The first-order valence-electron chi connectivity index (χ1n) is 8.33. The fourth-order valence-corrected chi connectivity index (χ4v) is 2.50. The molecule has 2 aromatic carbocycles. The Morgan fingerprint density at radius 1 is 0.643 bits per heavy atom. The number of rotatable bonds is 6. The van der Waals surface area contributed by atoms with Crippen molar-refractivity contribution in [3.8, 4) is 0 Å². The van der Waals surface area contributed by atoms with Gasteiger partial charge in [0.25, 0.3) is 11.4 Å². The molecule has 3 rings (SSSR count). The second-order valence-electron chi connectivity index (χ2n) is 5.86. The second kappa shape index (κ2) is 8.50. The maximum atomic E-state index is 10.8. The zero-order valence-electron chi connectivity index (χ0n) is 14.6. The molecule has 0 aliphatic heterocycles. The van der Waals surface area contributed by atoms with E-state index in [1.165, 1.54) is 24.3 Å². The third-order valence-corrected chi connectivity index (χ3v) is 3.85. The van der Waals surface area contributed by atoms with E-state index in [-0.39, 0.29) is 11.4 Å². The summed E-state index contributed by atoms with van der Waals surface area (Å²) in [6, 6.07) is 18.1. The van der Waals surface area contributed by atoms with Crippen LogP contribution in [0.4, 0.5) is 11.4 Å². The molecule has 0 aliphatic carbocycles. The molecule has 1 heterocycles. The van der Waals surface area contributed by atoms with Crippen molar-refractivity contribution in [1.29, 1.82) is 0 Å². The molecule has 0 unspecified atom stereocenters. The summed E-state index contributed by atoms with van der Waals surface area (Å²) in [4.78, 5) is 25.3. The minimum atomic E-state index is -0.436. The largest absolute Gasteiger partial charge is 0.270 e. The van der Waals surface area contributed by atoms with Crippen LogP contribution in [0.2, 0.25) is 0 Å². The van der Waals surface area contributed by atoms with Gasteiger partial charge in [-0.3, -0.25) is 20.2 Å². The molecule has 0 aliphatic rings. The van der Waals surface area contributed by atoms with Crippen LogP contribution >= 0.6 is 0 Å². The summed E-state index contributed by atoms with van der Waals surface area (Å²) in [5.74, 6) is 0. The van der Waals surface area contributed by atoms with E-state index in [0.29, 0.717) is 22.5 Å². The van der Waals surface area contributed by atoms with Crippen LogP contribution in [0.25, 0.3) is 24.3 Å². The predicted octanol–water partition coefficient (Wildman–Crippen LogP) is 5.24. The molecular formula is C21H15N3O4. The van der Waals surface area contributed by atoms with Crippen molar-refractivity contribution < 1.29 is 9.85 Å². The Morgan fingerprint density at radius 3 is 1.50 bits per heavy atom. The molecule has 0 amide bonds. The number of hydrogen-bond donors (Lipinski definition) is 0. The average Bonchev–Trinajstić information content (AvgIpc) is 2.71. The van der Waals surface area contributed by atoms with E-state index in [2.05, 4.69) is 4.98 Å². The topological polar surface area (TPSA) is 99.2 Å². The Hall–Kier alpha value is -4.13. The fraction of sp³-hybridized carbons (Fsp3) is 0. The van der Waals surface area contributed by atoms with Gasteiger partial charge in [0.1, 0.15) is 0 Å². The highest BCUT2D eigenvalue weighted by Gasteiger charge is 2.04. The molecule has 0 radical (unpaired) electrons. The number of hydrogen-bond acceptors (Lipinski definition) is 5. The molecular weight excluding hydrogens is 358 g/mol. The number of pyridine rings is 1. The van der Waals surface area contributed by atoms with E-state index in [0.717, 1.165) is 0 Å². The fourth-order valence-electron chi connectivity index (χ4n) is 2.50. The summed E-state index contributed by atoms with van der Waals surface area (Å²) >= 11 is 0. The number of nitro benzene ring substituents is 2. The van der Waals surface area contributed by atoms with Crippen molar-refractivity contribution in [3.63, 3.8) is 0 Å². The number of aromatic nitrogens is 1. The van der Waals surface area contributed by atoms with Gasteiger partial charge in [0.05, 0.1) is 21.2 Å². The Morgan fingerprint density at radius 2 is 1.07 bits per heavy atom. The van der Waals surface area contributed by atoms with Crippen LogP contribution in [-0.2, 0) is 0 Å². The van der Waals surface area contributed by atoms with Gasteiger partial charge in [-0.1, -0.05) is 42.5 Å². The first kappa shape index (κ1) is 18.7. The van der Waals surface area contributed by atoms with Gasteiger partial charge >= 0.3 is 0 Å². The van der Waals surface area contributed by atoms with Crippen LogP contribution in [0.1, 0.15) is 22.5 Å². The minimum Gasteiger partial charge on any atom is -0.258 e. The summed E-state index contributed by atoms with van der Waals surface area (Å²) in [6.07, 6.45) is 7.04. The lowest BCUT2D eigenvalue weighted by Crippen LogP contribution is -1.88. The maximum absolute atomic E-state index is 10.8. The maximum Gasteiger partial charge on any atom is 0.270 e. The van der Waals surface area contributed by atoms with Gasteiger partial charge in [-0.25, -0.2) is 4.98 Å². The summed E-state index contributed by atoms with van der Waals surface area (Å²) in [6.45, 7) is 0. The van der Waals surface area contributed by atoms with E-state index in [1.807, 2.05) is 18.2 Å². The van der Waals surface area contributed by atoms with E-state index < -0.39 is 9.85 Å². The minimum absolute atomic E-state index is 0.0312. The van der Waals surface area contributed by atoms with Crippen LogP contribution in [0.15, 0.2) is 66.7 Å². The van der Waals surface area contributed by atoms with Crippen molar-refractivity contribution >= 4 is 35.7 Å². The van der Waals surface area contributed by atoms with Crippen molar-refractivity contribution in [2.45, 2.75) is 0 Å². The number of nitrogens with zero attached hydrogens (tertiary/aromatic N) is 3. The standard InChI is InChI=1S/C21H15N3O4/c25-23(26)20-8-1-4-16(14-20)10-12-18-6-3-7-19(22-18)13-11-17-5-2-9-21(15-17)24(27)28/h1-15H. The quantitative estimate of drug-likeness (QED) is 0.434. The third kappa shape index (κ3) is 4.95. The van der Waals surface area contributed by atoms with Gasteiger partial charge in [-0.15, -0.1) is 0 Å². The number of benzene rings is 2. The van der Waals surface area contributed by atoms with Crippen molar-refractivity contribution in [2.75, 3.05) is 0 Å². The molecule has 0 atom stereocenters. The molecule has 138 valence electrons. The van der Waals surface area contributed by atoms with Crippen molar-refractivity contribution in [1.82, 2.24) is 4.98 Å². The Labute approximate surface area is 160 Å². The zero-order valence-corrected chi connectivity index (χ0v) is 14.6. The highest BCUT2D eigenvalue weighted by Crippen LogP contribution is 2.17. The average molecular weight is 373 g/mol. The molecule has 28 heavy (non-hydrogen) atoms. The highest BCUT2D eigenvalue weighted by molar-refractivity contribution is 5.72. The van der Waals surface area contributed by atoms with Crippen LogP contribution in [0.5, 0.6) is 0 Å². The smallest absolute Gasteiger partial charge is 0.258 e. The Balaban J connectivity index is 1.77. The van der Waals surface area contributed by atoms with Crippen LogP contribution < -0.4 is 0 Å². The van der Waals surface area contributed by atoms with Crippen LogP contribution in [0.3, 0.4) is 0 Å². The molecule has 0 spiro atoms. The molecule has 3 aromatic rings. The van der Waals surface area contributed by atoms with Crippen LogP contribution in [0, 0.1) is 20.2 Å². The van der Waals surface area contributed by atoms with Gasteiger partial charge in [0.15, 0.2) is 0 Å². The van der Waals surface area contributed by atoms with Gasteiger partial charge in [0, 0.05) is 24.3 Å². The Bertz CT molecular complexity index is 1010. The summed E-state index contributed by atoms with van der Waals surface area (Å²) in [5.41, 5.74) is 2.84. The first-order chi connectivity index (χ1) is 13.5. The molecule has 0 N–H and O–H groups in total. The van der Waals surface area contributed by atoms with Crippen molar-refractivity contribution in [2.24, 2.45) is 0 Å². The third-order valence-electron chi connectivity index (χ3n) is 3.85. The van der Waals surface area contributed by atoms with Gasteiger partial charge in [-0.05, 0) is 35.4 Å². The normalized spacial score (nSPS) is 11.1. The lowest BCUT2D eigenvalue weighted by molar-refractivity contribution is -0.385. The number of nitro groups is 2. The van der Waals surface area contributed by atoms with E-state index >= 15 is 0 Å². The molecule has 0 fully saturated rings. The molecule has 0 bridgehead atoms. The molecule has 7 heteroatoms. The predicted molar refractivity (Wildman–Crippen MR) is 108 cm³/mol. The molecule has 7 nitrogen and oxygen atoms in total. The van der Waals surface area contributed by atoms with Gasteiger partial charge in [-0.2, -0.15) is 0 Å². The van der Waals surface area contributed by atoms with Gasteiger partial charge < -0.3 is 0 Å². The second-order valence-corrected chi connectivity index (χ2v) is 5.86. The van der Waals surface area contributed by atoms with E-state index in [1.54, 1.807) is 48.6 Å². The first-order valence-corrected chi connectivity index (χ1v) is 8.33. The summed E-state index contributed by atoms with van der Waals surface area (Å²) < 4.78 is 0. The number of non-ortho nitro benzene ring substituents is 2. The lowest BCUT2D eigenvalue weighted by Gasteiger charge is -1.98.